The van der Waals surface area contributed by atoms with E-state index in [4.69, 9.17) is 10.00 Å². The van der Waals surface area contributed by atoms with E-state index in [1.807, 2.05) is 6.07 Å². The highest BCUT2D eigenvalue weighted by molar-refractivity contribution is 5.91. The van der Waals surface area contributed by atoms with Crippen LogP contribution < -0.4 is 16.0 Å². The molecule has 0 bridgehead atoms. The predicted molar refractivity (Wildman–Crippen MR) is 115 cm³/mol. The number of ether oxygens (including phenoxy) is 1. The van der Waals surface area contributed by atoms with Gasteiger partial charge in [0.15, 0.2) is 0 Å². The number of urea groups is 1. The van der Waals surface area contributed by atoms with Gasteiger partial charge >= 0.3 is 12.0 Å². The minimum absolute atomic E-state index is 0.119. The Labute approximate surface area is 196 Å². The molecule has 0 aromatic carbocycles. The third kappa shape index (κ3) is 7.41. The molecule has 2 fully saturated rings. The van der Waals surface area contributed by atoms with Crippen molar-refractivity contribution in [3.05, 3.63) is 0 Å². The van der Waals surface area contributed by atoms with Crippen molar-refractivity contribution in [2.45, 2.75) is 31.8 Å². The number of hydrogen-bond acceptors (Lipinski definition) is 9. The number of rotatable bonds is 10. The zero-order valence-corrected chi connectivity index (χ0v) is 18.9. The van der Waals surface area contributed by atoms with Gasteiger partial charge in [-0.05, 0) is 6.92 Å². The van der Waals surface area contributed by atoms with E-state index >= 15 is 0 Å². The highest BCUT2D eigenvalue weighted by Crippen LogP contribution is 2.11. The van der Waals surface area contributed by atoms with Crippen molar-refractivity contribution in [3.8, 4) is 6.07 Å². The van der Waals surface area contributed by atoms with Crippen LogP contribution in [0.3, 0.4) is 0 Å². The van der Waals surface area contributed by atoms with Crippen LogP contribution in [0, 0.1) is 11.3 Å². The third-order valence-electron chi connectivity index (χ3n) is 5.41. The molecule has 0 radical (unpaired) electrons. The second-order valence-corrected chi connectivity index (χ2v) is 7.66. The Morgan fingerprint density at radius 2 is 1.94 bits per heavy atom. The van der Waals surface area contributed by atoms with E-state index < -0.39 is 48.4 Å². The average Bonchev–Trinajstić information content (AvgIpc) is 3.23. The summed E-state index contributed by atoms with van der Waals surface area (Å²) >= 11 is 0. The first-order valence-corrected chi connectivity index (χ1v) is 10.9. The normalized spacial score (nSPS) is 18.8. The fourth-order valence-corrected chi connectivity index (χ4v) is 3.57. The molecular weight excluding hydrogens is 450 g/mol. The van der Waals surface area contributed by atoms with E-state index in [1.54, 1.807) is 11.8 Å². The van der Waals surface area contributed by atoms with Gasteiger partial charge < -0.3 is 25.6 Å². The number of piperazine rings is 1. The Morgan fingerprint density at radius 3 is 2.50 bits per heavy atom. The molecule has 14 nitrogen and oxygen atoms in total. The van der Waals surface area contributed by atoms with Crippen molar-refractivity contribution in [3.63, 3.8) is 0 Å². The van der Waals surface area contributed by atoms with Crippen molar-refractivity contribution in [2.75, 3.05) is 52.4 Å². The first-order valence-electron chi connectivity index (χ1n) is 10.9. The second-order valence-electron chi connectivity index (χ2n) is 7.66. The molecule has 3 N–H and O–H groups in total. The van der Waals surface area contributed by atoms with Crippen LogP contribution in [0.5, 0.6) is 0 Å². The molecule has 6 amide bonds. The van der Waals surface area contributed by atoms with Gasteiger partial charge in [-0.3, -0.25) is 29.0 Å². The highest BCUT2D eigenvalue weighted by Gasteiger charge is 2.32. The summed E-state index contributed by atoms with van der Waals surface area (Å²) in [5, 5.41) is 16.6. The maximum atomic E-state index is 12.6. The van der Waals surface area contributed by atoms with Crippen LogP contribution in [0.25, 0.3) is 0 Å². The summed E-state index contributed by atoms with van der Waals surface area (Å²) in [6, 6.07) is -0.262. The number of esters is 1. The van der Waals surface area contributed by atoms with Crippen molar-refractivity contribution < 1.29 is 33.5 Å². The number of nitrogens with one attached hydrogen (secondary N) is 3. The van der Waals surface area contributed by atoms with Crippen LogP contribution in [0.4, 0.5) is 4.79 Å². The quantitative estimate of drug-likeness (QED) is 0.219. The van der Waals surface area contributed by atoms with Crippen molar-refractivity contribution in [1.29, 1.82) is 5.26 Å². The van der Waals surface area contributed by atoms with Crippen molar-refractivity contribution >= 4 is 36.1 Å². The highest BCUT2D eigenvalue weighted by atomic mass is 16.5. The minimum Gasteiger partial charge on any atom is -0.464 e. The molecule has 0 aromatic rings. The molecule has 2 saturated heterocycles. The van der Waals surface area contributed by atoms with Gasteiger partial charge in [-0.15, -0.1) is 0 Å². The van der Waals surface area contributed by atoms with Gasteiger partial charge in [0.1, 0.15) is 18.6 Å². The summed E-state index contributed by atoms with van der Waals surface area (Å²) in [5.74, 6) is -2.00. The lowest BCUT2D eigenvalue weighted by atomic mass is 10.1. The van der Waals surface area contributed by atoms with Gasteiger partial charge in [0, 0.05) is 39.1 Å². The summed E-state index contributed by atoms with van der Waals surface area (Å²) in [4.78, 5) is 75.4. The lowest BCUT2D eigenvalue weighted by Crippen LogP contribution is -2.57. The number of cyclic esters (lactones) is 1. The maximum Gasteiger partial charge on any atom is 0.328 e. The molecule has 186 valence electrons. The molecule has 0 spiro atoms. The Bertz CT molecular complexity index is 836. The van der Waals surface area contributed by atoms with E-state index in [-0.39, 0.29) is 52.2 Å². The van der Waals surface area contributed by atoms with E-state index in [1.165, 1.54) is 4.90 Å². The number of hydrogen-bond donors (Lipinski definition) is 3. The summed E-state index contributed by atoms with van der Waals surface area (Å²) in [6.45, 7) is 2.52. The number of imide groups is 1. The fraction of sp³-hybridized carbons (Fsp3) is 0.650. The van der Waals surface area contributed by atoms with Crippen LogP contribution in [-0.4, -0.2) is 115 Å². The van der Waals surface area contributed by atoms with Crippen LogP contribution in [0.15, 0.2) is 0 Å². The molecule has 2 heterocycles. The number of nitrogens with zero attached hydrogens (tertiary/aromatic N) is 4. The monoisotopic (exact) mass is 479 g/mol. The summed E-state index contributed by atoms with van der Waals surface area (Å²) in [6.07, 6.45) is 0.539. The molecule has 14 heteroatoms. The summed E-state index contributed by atoms with van der Waals surface area (Å²) in [5.41, 5.74) is 0. The average molecular weight is 479 g/mol. The zero-order valence-electron chi connectivity index (χ0n) is 18.9. The summed E-state index contributed by atoms with van der Waals surface area (Å²) in [7, 11) is 0. The summed E-state index contributed by atoms with van der Waals surface area (Å²) < 4.78 is 4.77. The lowest BCUT2D eigenvalue weighted by Gasteiger charge is -2.38. The molecule has 2 aliphatic heterocycles. The molecule has 2 atom stereocenters. The van der Waals surface area contributed by atoms with E-state index in [0.717, 1.165) is 4.90 Å². The largest absolute Gasteiger partial charge is 0.464 e. The van der Waals surface area contributed by atoms with Gasteiger partial charge in [-0.25, -0.2) is 9.59 Å². The standard InChI is InChI=1S/C20H29N7O7/c1-2-22-20(33)27(13-28)12-17(30)26-8-6-25(7-9-26)15(3-5-21)18(31)23-11-16(29)24-14-4-10-34-19(14)32/h13-15H,2-4,6-12H2,1H3,(H,22,33)(H,23,31)(H,24,29). The van der Waals surface area contributed by atoms with Crippen LogP contribution in [0.2, 0.25) is 0 Å². The molecular formula is C20H29N7O7. The molecule has 2 rings (SSSR count). The molecule has 0 aliphatic carbocycles. The first kappa shape index (κ1) is 26.5. The van der Waals surface area contributed by atoms with Crippen molar-refractivity contribution in [1.82, 2.24) is 30.7 Å². The van der Waals surface area contributed by atoms with Crippen LogP contribution in [-0.2, 0) is 28.7 Å². The molecule has 0 aromatic heterocycles. The van der Waals surface area contributed by atoms with Crippen LogP contribution >= 0.6 is 0 Å². The van der Waals surface area contributed by atoms with Crippen LogP contribution in [0.1, 0.15) is 19.8 Å². The minimum atomic E-state index is -0.826. The van der Waals surface area contributed by atoms with Gasteiger partial charge in [0.25, 0.3) is 0 Å². The SMILES string of the molecule is CCNC(=O)N(C=O)CC(=O)N1CCN(C(CC#N)C(=O)NCC(=O)NC2CCOC2=O)CC1. The lowest BCUT2D eigenvalue weighted by molar-refractivity contribution is -0.141. The number of amides is 6. The zero-order chi connectivity index (χ0) is 25.1. The van der Waals surface area contributed by atoms with Gasteiger partial charge in [-0.1, -0.05) is 0 Å². The predicted octanol–water partition coefficient (Wildman–Crippen LogP) is -2.85. The van der Waals surface area contributed by atoms with Gasteiger partial charge in [0.05, 0.1) is 25.6 Å². The number of carbonyl (C=O) groups excluding carboxylic acids is 6. The molecule has 2 aliphatic rings. The number of nitriles is 1. The second kappa shape index (κ2) is 13.1. The first-order chi connectivity index (χ1) is 16.3. The topological polar surface area (TPSA) is 181 Å². The van der Waals surface area contributed by atoms with Crippen molar-refractivity contribution in [2.24, 2.45) is 0 Å². The Kier molecular flexibility index (Phi) is 10.2. The van der Waals surface area contributed by atoms with Gasteiger partial charge in [-0.2, -0.15) is 5.26 Å². The van der Waals surface area contributed by atoms with Gasteiger partial charge in [0.2, 0.25) is 24.1 Å². The fourth-order valence-electron chi connectivity index (χ4n) is 3.57. The maximum absolute atomic E-state index is 12.6. The third-order valence-corrected chi connectivity index (χ3v) is 5.41. The molecule has 2 unspecified atom stereocenters. The van der Waals surface area contributed by atoms with E-state index in [0.29, 0.717) is 13.0 Å². The molecule has 0 saturated carbocycles. The Morgan fingerprint density at radius 1 is 1.24 bits per heavy atom. The van der Waals surface area contributed by atoms with E-state index in [2.05, 4.69) is 16.0 Å². The van der Waals surface area contributed by atoms with E-state index in [9.17, 15) is 28.8 Å². The number of carbonyl (C=O) groups is 6. The Balaban J connectivity index is 1.83. The molecule has 34 heavy (non-hydrogen) atoms. The smallest absolute Gasteiger partial charge is 0.328 e. The Hall–Kier alpha value is -3.73.